The number of rotatable bonds is 4. The summed E-state index contributed by atoms with van der Waals surface area (Å²) in [5.41, 5.74) is 5.91. The fourth-order valence-electron chi connectivity index (χ4n) is 2.34. The van der Waals surface area contributed by atoms with E-state index in [4.69, 9.17) is 5.73 Å². The minimum atomic E-state index is -0.874. The number of carbonyl (C=O) groups excluding carboxylic acids is 1. The van der Waals surface area contributed by atoms with Gasteiger partial charge < -0.3 is 11.1 Å². The van der Waals surface area contributed by atoms with Gasteiger partial charge >= 0.3 is 0 Å². The number of nitrogen functional groups attached to an aromatic ring is 1. The van der Waals surface area contributed by atoms with Crippen LogP contribution in [0.2, 0.25) is 0 Å². The van der Waals surface area contributed by atoms with E-state index in [1.807, 2.05) is 0 Å². The van der Waals surface area contributed by atoms with E-state index in [0.717, 1.165) is 31.4 Å². The van der Waals surface area contributed by atoms with Crippen LogP contribution in [0.5, 0.6) is 0 Å². The lowest BCUT2D eigenvalue weighted by molar-refractivity contribution is 0.0949. The Morgan fingerprint density at radius 1 is 1.30 bits per heavy atom. The highest BCUT2D eigenvalue weighted by Crippen LogP contribution is 2.20. The summed E-state index contributed by atoms with van der Waals surface area (Å²) in [5.74, 6) is -2.23. The van der Waals surface area contributed by atoms with E-state index in [-0.39, 0.29) is 11.3 Å². The van der Waals surface area contributed by atoms with Gasteiger partial charge in [-0.1, -0.05) is 11.6 Å². The zero-order valence-electron chi connectivity index (χ0n) is 11.2. The van der Waals surface area contributed by atoms with Gasteiger partial charge in [0, 0.05) is 6.54 Å². The lowest BCUT2D eigenvalue weighted by Crippen LogP contribution is -2.26. The van der Waals surface area contributed by atoms with E-state index in [2.05, 4.69) is 11.4 Å². The Hall–Kier alpha value is -1.91. The summed E-state index contributed by atoms with van der Waals surface area (Å²) in [7, 11) is 0. The van der Waals surface area contributed by atoms with Crippen LogP contribution in [0.25, 0.3) is 0 Å². The molecule has 3 N–H and O–H groups in total. The van der Waals surface area contributed by atoms with Crippen molar-refractivity contribution in [3.05, 3.63) is 41.0 Å². The first-order valence-electron chi connectivity index (χ1n) is 6.78. The zero-order chi connectivity index (χ0) is 14.5. The normalized spacial score (nSPS) is 14.8. The van der Waals surface area contributed by atoms with Crippen molar-refractivity contribution in [2.24, 2.45) is 0 Å². The highest BCUT2D eigenvalue weighted by molar-refractivity contribution is 5.95. The van der Waals surface area contributed by atoms with Crippen LogP contribution >= 0.6 is 0 Å². The molecule has 108 valence electrons. The molecule has 0 aliphatic heterocycles. The molecule has 0 heterocycles. The van der Waals surface area contributed by atoms with Gasteiger partial charge in [-0.05, 0) is 44.2 Å². The fourth-order valence-corrected chi connectivity index (χ4v) is 2.34. The van der Waals surface area contributed by atoms with Crippen molar-refractivity contribution in [3.8, 4) is 0 Å². The summed E-state index contributed by atoms with van der Waals surface area (Å²) < 4.78 is 26.8. The van der Waals surface area contributed by atoms with Gasteiger partial charge in [-0.2, -0.15) is 0 Å². The second-order valence-electron chi connectivity index (χ2n) is 4.97. The predicted molar refractivity (Wildman–Crippen MR) is 74.3 cm³/mol. The highest BCUT2D eigenvalue weighted by Gasteiger charge is 2.15. The summed E-state index contributed by atoms with van der Waals surface area (Å²) in [6.45, 7) is 0.417. The first kappa shape index (κ1) is 14.5. The Bertz CT molecular complexity index is 541. The van der Waals surface area contributed by atoms with Gasteiger partial charge in [-0.15, -0.1) is 0 Å². The molecule has 0 unspecified atom stereocenters. The Balaban J connectivity index is 1.93. The van der Waals surface area contributed by atoms with Crippen molar-refractivity contribution >= 4 is 11.6 Å². The summed E-state index contributed by atoms with van der Waals surface area (Å²) in [4.78, 5) is 11.8. The first-order chi connectivity index (χ1) is 9.58. The van der Waals surface area contributed by atoms with Gasteiger partial charge in [0.15, 0.2) is 5.82 Å². The Morgan fingerprint density at radius 2 is 2.10 bits per heavy atom. The third-order valence-electron chi connectivity index (χ3n) is 3.43. The molecule has 0 atom stereocenters. The van der Waals surface area contributed by atoms with Crippen molar-refractivity contribution in [2.45, 2.75) is 32.1 Å². The smallest absolute Gasteiger partial charge is 0.254 e. The van der Waals surface area contributed by atoms with Crippen LogP contribution in [0.3, 0.4) is 0 Å². The van der Waals surface area contributed by atoms with Gasteiger partial charge in [0.1, 0.15) is 5.82 Å². The van der Waals surface area contributed by atoms with E-state index in [1.165, 1.54) is 18.4 Å². The summed E-state index contributed by atoms with van der Waals surface area (Å²) in [5, 5.41) is 2.60. The lowest BCUT2D eigenvalue weighted by Gasteiger charge is -2.13. The number of nitrogens with one attached hydrogen (secondary N) is 1. The highest BCUT2D eigenvalue weighted by atomic mass is 19.1. The van der Waals surface area contributed by atoms with Gasteiger partial charge in [0.2, 0.25) is 0 Å². The van der Waals surface area contributed by atoms with Crippen LogP contribution in [-0.2, 0) is 0 Å². The fraction of sp³-hybridized carbons (Fsp3) is 0.400. The molecule has 0 radical (unpaired) electrons. The minimum Gasteiger partial charge on any atom is -0.396 e. The predicted octanol–water partition coefficient (Wildman–Crippen LogP) is 3.17. The number of anilines is 1. The molecule has 1 aromatic carbocycles. The van der Waals surface area contributed by atoms with Crippen molar-refractivity contribution in [1.82, 2.24) is 5.32 Å². The average molecular weight is 280 g/mol. The van der Waals surface area contributed by atoms with E-state index in [1.54, 1.807) is 0 Å². The number of carbonyl (C=O) groups is 1. The van der Waals surface area contributed by atoms with Crippen LogP contribution in [0, 0.1) is 11.6 Å². The second-order valence-corrected chi connectivity index (χ2v) is 4.97. The number of nitrogens with two attached hydrogens (primary N) is 1. The Kier molecular flexibility index (Phi) is 4.71. The average Bonchev–Trinajstić information content (AvgIpc) is 2.44. The first-order valence-corrected chi connectivity index (χ1v) is 6.78. The van der Waals surface area contributed by atoms with Crippen LogP contribution in [0.1, 0.15) is 42.5 Å². The molecular weight excluding hydrogens is 262 g/mol. The van der Waals surface area contributed by atoms with Gasteiger partial charge in [0.05, 0.1) is 11.3 Å². The van der Waals surface area contributed by atoms with Crippen molar-refractivity contribution in [2.75, 3.05) is 12.3 Å². The van der Waals surface area contributed by atoms with Crippen molar-refractivity contribution in [1.29, 1.82) is 0 Å². The quantitative estimate of drug-likeness (QED) is 0.657. The maximum atomic E-state index is 13.7. The largest absolute Gasteiger partial charge is 0.396 e. The molecule has 20 heavy (non-hydrogen) atoms. The molecule has 0 spiro atoms. The SMILES string of the molecule is Nc1cc(F)cc(C(=O)NCCC2=CCCCC2)c1F. The third kappa shape index (κ3) is 3.56. The maximum absolute atomic E-state index is 13.7. The molecule has 0 aromatic heterocycles. The molecule has 1 aliphatic carbocycles. The van der Waals surface area contributed by atoms with Crippen LogP contribution in [0.4, 0.5) is 14.5 Å². The maximum Gasteiger partial charge on any atom is 0.254 e. The molecule has 0 saturated carbocycles. The molecule has 5 heteroatoms. The number of hydrogen-bond donors (Lipinski definition) is 2. The van der Waals surface area contributed by atoms with E-state index in [0.29, 0.717) is 6.54 Å². The Labute approximate surface area is 116 Å². The number of allylic oxidation sites excluding steroid dienone is 1. The van der Waals surface area contributed by atoms with Crippen molar-refractivity contribution in [3.63, 3.8) is 0 Å². The molecule has 0 fully saturated rings. The van der Waals surface area contributed by atoms with E-state index in [9.17, 15) is 13.6 Å². The number of benzene rings is 1. The zero-order valence-corrected chi connectivity index (χ0v) is 11.2. The van der Waals surface area contributed by atoms with Gasteiger partial charge in [-0.3, -0.25) is 4.79 Å². The second kappa shape index (κ2) is 6.50. The van der Waals surface area contributed by atoms with Crippen LogP contribution in [0.15, 0.2) is 23.8 Å². The topological polar surface area (TPSA) is 55.1 Å². The van der Waals surface area contributed by atoms with E-state index >= 15 is 0 Å². The van der Waals surface area contributed by atoms with E-state index < -0.39 is 17.5 Å². The molecule has 0 bridgehead atoms. The molecule has 2 rings (SSSR count). The monoisotopic (exact) mass is 280 g/mol. The van der Waals surface area contributed by atoms with Gasteiger partial charge in [-0.25, -0.2) is 8.78 Å². The molecule has 1 aromatic rings. The summed E-state index contributed by atoms with van der Waals surface area (Å²) in [6.07, 6.45) is 7.46. The van der Waals surface area contributed by atoms with Gasteiger partial charge in [0.25, 0.3) is 5.91 Å². The summed E-state index contributed by atoms with van der Waals surface area (Å²) in [6, 6.07) is 1.72. The molecule has 3 nitrogen and oxygen atoms in total. The molecule has 0 saturated heterocycles. The molecule has 1 amide bonds. The Morgan fingerprint density at radius 3 is 2.80 bits per heavy atom. The number of halogens is 2. The molecular formula is C15H18F2N2O. The lowest BCUT2D eigenvalue weighted by atomic mass is 9.97. The van der Waals surface area contributed by atoms with Crippen LogP contribution in [-0.4, -0.2) is 12.5 Å². The van der Waals surface area contributed by atoms with Crippen molar-refractivity contribution < 1.29 is 13.6 Å². The number of hydrogen-bond acceptors (Lipinski definition) is 2. The summed E-state index contributed by atoms with van der Waals surface area (Å²) >= 11 is 0. The molecule has 1 aliphatic rings. The van der Waals surface area contributed by atoms with Crippen LogP contribution < -0.4 is 11.1 Å². The minimum absolute atomic E-state index is 0.347. The number of amides is 1. The third-order valence-corrected chi connectivity index (χ3v) is 3.43. The standard InChI is InChI=1S/C15H18F2N2O/c16-11-8-12(14(17)13(18)9-11)15(20)19-7-6-10-4-2-1-3-5-10/h4,8-9H,1-3,5-7,18H2,(H,19,20).